The predicted octanol–water partition coefficient (Wildman–Crippen LogP) is 1.36. The SMILES string of the molecule is Cc1cc2ncc(CNC3CCN(C4CC4)C3)cn2n1. The van der Waals surface area contributed by atoms with Gasteiger partial charge in [-0.25, -0.2) is 9.50 Å². The van der Waals surface area contributed by atoms with Gasteiger partial charge in [0, 0.05) is 55.7 Å². The fraction of sp³-hybridized carbons (Fsp3) is 0.600. The van der Waals surface area contributed by atoms with Crippen molar-refractivity contribution in [2.45, 2.75) is 44.8 Å². The Morgan fingerprint density at radius 3 is 3.10 bits per heavy atom. The summed E-state index contributed by atoms with van der Waals surface area (Å²) in [5, 5.41) is 8.07. The number of rotatable bonds is 4. The third-order valence-electron chi connectivity index (χ3n) is 4.37. The highest BCUT2D eigenvalue weighted by atomic mass is 15.2. The summed E-state index contributed by atoms with van der Waals surface area (Å²) in [5.74, 6) is 0. The normalized spacial score (nSPS) is 23.8. The number of aromatic nitrogens is 3. The lowest BCUT2D eigenvalue weighted by Crippen LogP contribution is -2.32. The standard InChI is InChI=1S/C15H21N5/c1-11-6-15-17-8-12(9-20(15)18-11)7-16-13-4-5-19(10-13)14-2-3-14/h6,8-9,13-14,16H,2-5,7,10H2,1H3. The lowest BCUT2D eigenvalue weighted by atomic mass is 10.2. The van der Waals surface area contributed by atoms with Crippen LogP contribution < -0.4 is 5.32 Å². The second kappa shape index (κ2) is 4.82. The highest BCUT2D eigenvalue weighted by molar-refractivity contribution is 5.38. The average molecular weight is 271 g/mol. The first-order valence-corrected chi connectivity index (χ1v) is 7.56. The highest BCUT2D eigenvalue weighted by Crippen LogP contribution is 2.29. The lowest BCUT2D eigenvalue weighted by molar-refractivity contribution is 0.317. The van der Waals surface area contributed by atoms with Gasteiger partial charge >= 0.3 is 0 Å². The van der Waals surface area contributed by atoms with E-state index in [1.807, 2.05) is 23.7 Å². The Bertz CT molecular complexity index is 616. The monoisotopic (exact) mass is 271 g/mol. The molecule has 0 radical (unpaired) electrons. The number of nitrogens with zero attached hydrogens (tertiary/aromatic N) is 4. The minimum Gasteiger partial charge on any atom is -0.308 e. The summed E-state index contributed by atoms with van der Waals surface area (Å²) >= 11 is 0. The molecule has 2 aromatic rings. The minimum atomic E-state index is 0.630. The van der Waals surface area contributed by atoms with Crippen LogP contribution in [0.5, 0.6) is 0 Å². The number of hydrogen-bond donors (Lipinski definition) is 1. The second-order valence-electron chi connectivity index (χ2n) is 6.14. The van der Waals surface area contributed by atoms with Crippen LogP contribution in [0.3, 0.4) is 0 Å². The molecule has 5 heteroatoms. The van der Waals surface area contributed by atoms with Gasteiger partial charge in [0.05, 0.1) is 5.69 Å². The molecule has 1 N–H and O–H groups in total. The Balaban J connectivity index is 1.38. The van der Waals surface area contributed by atoms with Gasteiger partial charge in [0.2, 0.25) is 0 Å². The molecule has 3 heterocycles. The van der Waals surface area contributed by atoms with Gasteiger partial charge in [-0.05, 0) is 26.2 Å². The van der Waals surface area contributed by atoms with Crippen LogP contribution in [0.2, 0.25) is 0 Å². The van der Waals surface area contributed by atoms with Crippen molar-refractivity contribution in [3.8, 4) is 0 Å². The fourth-order valence-corrected chi connectivity index (χ4v) is 3.11. The van der Waals surface area contributed by atoms with Crippen LogP contribution in [0.25, 0.3) is 5.65 Å². The molecule has 1 atom stereocenters. The van der Waals surface area contributed by atoms with Crippen molar-refractivity contribution in [1.82, 2.24) is 24.8 Å². The Morgan fingerprint density at radius 2 is 2.25 bits per heavy atom. The largest absolute Gasteiger partial charge is 0.308 e. The molecule has 20 heavy (non-hydrogen) atoms. The molecule has 2 aromatic heterocycles. The molecular formula is C15H21N5. The molecule has 4 rings (SSSR count). The van der Waals surface area contributed by atoms with Gasteiger partial charge < -0.3 is 5.32 Å². The quantitative estimate of drug-likeness (QED) is 0.912. The maximum atomic E-state index is 4.45. The zero-order valence-electron chi connectivity index (χ0n) is 11.9. The molecule has 1 unspecified atom stereocenters. The number of nitrogens with one attached hydrogen (secondary N) is 1. The molecule has 0 aromatic carbocycles. The summed E-state index contributed by atoms with van der Waals surface area (Å²) in [5.41, 5.74) is 3.14. The number of hydrogen-bond acceptors (Lipinski definition) is 4. The number of likely N-dealkylation sites (tertiary alicyclic amines) is 1. The molecule has 1 saturated carbocycles. The molecule has 2 fully saturated rings. The first kappa shape index (κ1) is 12.3. The van der Waals surface area contributed by atoms with E-state index in [4.69, 9.17) is 0 Å². The van der Waals surface area contributed by atoms with E-state index in [0.29, 0.717) is 6.04 Å². The van der Waals surface area contributed by atoms with Gasteiger partial charge in [-0.1, -0.05) is 0 Å². The van der Waals surface area contributed by atoms with Gasteiger partial charge in [-0.15, -0.1) is 0 Å². The van der Waals surface area contributed by atoms with E-state index in [0.717, 1.165) is 23.9 Å². The van der Waals surface area contributed by atoms with E-state index in [2.05, 4.69) is 26.5 Å². The summed E-state index contributed by atoms with van der Waals surface area (Å²) in [6, 6.07) is 3.53. The summed E-state index contributed by atoms with van der Waals surface area (Å²) in [6.07, 6.45) is 8.12. The Morgan fingerprint density at radius 1 is 1.35 bits per heavy atom. The molecule has 1 aliphatic heterocycles. The topological polar surface area (TPSA) is 45.5 Å². The van der Waals surface area contributed by atoms with Crippen molar-refractivity contribution in [3.63, 3.8) is 0 Å². The Kier molecular flexibility index (Phi) is 2.97. The van der Waals surface area contributed by atoms with Gasteiger partial charge in [0.15, 0.2) is 5.65 Å². The van der Waals surface area contributed by atoms with Crippen molar-refractivity contribution in [2.24, 2.45) is 0 Å². The van der Waals surface area contributed by atoms with Gasteiger partial charge in [0.1, 0.15) is 0 Å². The molecule has 106 valence electrons. The fourth-order valence-electron chi connectivity index (χ4n) is 3.11. The third kappa shape index (κ3) is 2.43. The molecule has 2 aliphatic rings. The molecule has 5 nitrogen and oxygen atoms in total. The van der Waals surface area contributed by atoms with Crippen LogP contribution in [0.4, 0.5) is 0 Å². The van der Waals surface area contributed by atoms with Crippen LogP contribution in [0.1, 0.15) is 30.5 Å². The van der Waals surface area contributed by atoms with Crippen LogP contribution in [0.15, 0.2) is 18.5 Å². The van der Waals surface area contributed by atoms with Gasteiger partial charge in [0.25, 0.3) is 0 Å². The average Bonchev–Trinajstić information content (AvgIpc) is 3.06. The lowest BCUT2D eigenvalue weighted by Gasteiger charge is -2.15. The number of aryl methyl sites for hydroxylation is 1. The van der Waals surface area contributed by atoms with Crippen molar-refractivity contribution in [2.75, 3.05) is 13.1 Å². The van der Waals surface area contributed by atoms with Crippen LogP contribution in [-0.4, -0.2) is 44.7 Å². The second-order valence-corrected chi connectivity index (χ2v) is 6.14. The molecule has 1 aliphatic carbocycles. The molecular weight excluding hydrogens is 250 g/mol. The highest BCUT2D eigenvalue weighted by Gasteiger charge is 2.33. The first-order chi connectivity index (χ1) is 9.78. The van der Waals surface area contributed by atoms with Crippen LogP contribution in [-0.2, 0) is 6.54 Å². The summed E-state index contributed by atoms with van der Waals surface area (Å²) in [7, 11) is 0. The maximum absolute atomic E-state index is 4.45. The van der Waals surface area contributed by atoms with Crippen LogP contribution in [0, 0.1) is 6.92 Å². The number of fused-ring (bicyclic) bond motifs is 1. The van der Waals surface area contributed by atoms with E-state index in [1.54, 1.807) is 0 Å². The Hall–Kier alpha value is -1.46. The maximum Gasteiger partial charge on any atom is 0.155 e. The van der Waals surface area contributed by atoms with Crippen molar-refractivity contribution in [1.29, 1.82) is 0 Å². The third-order valence-corrected chi connectivity index (χ3v) is 4.37. The van der Waals surface area contributed by atoms with Crippen molar-refractivity contribution >= 4 is 5.65 Å². The van der Waals surface area contributed by atoms with Crippen LogP contribution >= 0.6 is 0 Å². The van der Waals surface area contributed by atoms with E-state index in [1.165, 1.54) is 37.9 Å². The first-order valence-electron chi connectivity index (χ1n) is 7.56. The van der Waals surface area contributed by atoms with E-state index < -0.39 is 0 Å². The molecule has 0 amide bonds. The summed E-state index contributed by atoms with van der Waals surface area (Å²) in [6.45, 7) is 5.35. The smallest absolute Gasteiger partial charge is 0.155 e. The predicted molar refractivity (Wildman–Crippen MR) is 77.6 cm³/mol. The molecule has 0 spiro atoms. The minimum absolute atomic E-state index is 0.630. The molecule has 1 saturated heterocycles. The van der Waals surface area contributed by atoms with E-state index >= 15 is 0 Å². The summed E-state index contributed by atoms with van der Waals surface area (Å²) < 4.78 is 1.87. The van der Waals surface area contributed by atoms with Gasteiger partial charge in [-0.3, -0.25) is 4.90 Å². The van der Waals surface area contributed by atoms with Gasteiger partial charge in [-0.2, -0.15) is 5.10 Å². The zero-order chi connectivity index (χ0) is 13.5. The Labute approximate surface area is 119 Å². The summed E-state index contributed by atoms with van der Waals surface area (Å²) in [4.78, 5) is 7.09. The molecule has 0 bridgehead atoms. The van der Waals surface area contributed by atoms with Crippen molar-refractivity contribution < 1.29 is 0 Å². The van der Waals surface area contributed by atoms with E-state index in [9.17, 15) is 0 Å². The zero-order valence-corrected chi connectivity index (χ0v) is 11.9. The van der Waals surface area contributed by atoms with E-state index in [-0.39, 0.29) is 0 Å². The van der Waals surface area contributed by atoms with Crippen molar-refractivity contribution in [3.05, 3.63) is 29.7 Å².